The second-order valence-corrected chi connectivity index (χ2v) is 9.43. The number of nitrogens with zero attached hydrogens (tertiary/aromatic N) is 3. The van der Waals surface area contributed by atoms with E-state index in [1.54, 1.807) is 7.11 Å². The molecule has 0 amide bonds. The molecule has 1 aromatic carbocycles. The van der Waals surface area contributed by atoms with Crippen LogP contribution >= 0.6 is 0 Å². The molecule has 0 bridgehead atoms. The van der Waals surface area contributed by atoms with Gasteiger partial charge in [-0.1, -0.05) is 25.5 Å². The van der Waals surface area contributed by atoms with Crippen LogP contribution < -0.4 is 15.4 Å². The highest BCUT2D eigenvalue weighted by Gasteiger charge is 2.30. The number of nitrogens with one attached hydrogen (secondary N) is 2. The molecule has 2 aliphatic rings. The van der Waals surface area contributed by atoms with Gasteiger partial charge in [-0.3, -0.25) is 9.89 Å². The molecule has 2 N–H and O–H groups in total. The molecule has 2 saturated heterocycles. The number of aliphatic imine (C=N–C) groups is 1. The van der Waals surface area contributed by atoms with Gasteiger partial charge in [-0.05, 0) is 82.8 Å². The van der Waals surface area contributed by atoms with Crippen molar-refractivity contribution in [3.63, 3.8) is 0 Å². The first-order chi connectivity index (χ1) is 15.6. The third kappa shape index (κ3) is 7.11. The lowest BCUT2D eigenvalue weighted by atomic mass is 9.85. The standard InChI is InChI=1S/C26H45N5O/c1-5-7-17-31-18-14-23(15-19-31)29-26(27-6-2)28-20-22-9-8-16-30(3)25(22)21-10-12-24(32-4)13-11-21/h10-13,22-23,25H,5-9,14-20H2,1-4H3,(H2,27,28,29). The molecule has 2 aliphatic heterocycles. The molecule has 2 atom stereocenters. The summed E-state index contributed by atoms with van der Waals surface area (Å²) in [5.41, 5.74) is 1.37. The number of hydrogen-bond donors (Lipinski definition) is 2. The molecular formula is C26H45N5O. The van der Waals surface area contributed by atoms with Gasteiger partial charge in [0.05, 0.1) is 7.11 Å². The smallest absolute Gasteiger partial charge is 0.191 e. The molecule has 6 nitrogen and oxygen atoms in total. The maximum absolute atomic E-state index is 5.36. The fraction of sp³-hybridized carbons (Fsp3) is 0.731. The number of guanidine groups is 1. The normalized spacial score (nSPS) is 23.8. The summed E-state index contributed by atoms with van der Waals surface area (Å²) in [6.07, 6.45) is 7.46. The zero-order valence-corrected chi connectivity index (χ0v) is 20.8. The molecule has 2 unspecified atom stereocenters. The Kier molecular flexibility index (Phi) is 10.1. The highest BCUT2D eigenvalue weighted by Crippen LogP contribution is 2.35. The van der Waals surface area contributed by atoms with Crippen molar-refractivity contribution in [2.24, 2.45) is 10.9 Å². The van der Waals surface area contributed by atoms with Gasteiger partial charge >= 0.3 is 0 Å². The Morgan fingerprint density at radius 1 is 1.09 bits per heavy atom. The van der Waals surface area contributed by atoms with Gasteiger partial charge in [0.2, 0.25) is 0 Å². The summed E-state index contributed by atoms with van der Waals surface area (Å²) in [4.78, 5) is 10.2. The van der Waals surface area contributed by atoms with E-state index in [0.29, 0.717) is 18.0 Å². The third-order valence-electron chi connectivity index (χ3n) is 7.05. The Hall–Kier alpha value is -1.79. The molecule has 0 saturated carbocycles. The molecule has 6 heteroatoms. The van der Waals surface area contributed by atoms with Crippen LogP contribution in [0, 0.1) is 5.92 Å². The van der Waals surface area contributed by atoms with Crippen molar-refractivity contribution in [1.82, 2.24) is 20.4 Å². The summed E-state index contributed by atoms with van der Waals surface area (Å²) in [7, 11) is 3.98. The third-order valence-corrected chi connectivity index (χ3v) is 7.05. The van der Waals surface area contributed by atoms with E-state index in [1.807, 2.05) is 0 Å². The number of ether oxygens (including phenoxy) is 1. The maximum Gasteiger partial charge on any atom is 0.191 e. The first kappa shape index (κ1) is 24.8. The lowest BCUT2D eigenvalue weighted by molar-refractivity contribution is 0.125. The topological polar surface area (TPSA) is 52.1 Å². The summed E-state index contributed by atoms with van der Waals surface area (Å²) in [6.45, 7) is 11.0. The monoisotopic (exact) mass is 443 g/mol. The highest BCUT2D eigenvalue weighted by molar-refractivity contribution is 5.80. The predicted octanol–water partition coefficient (Wildman–Crippen LogP) is 3.90. The molecule has 180 valence electrons. The van der Waals surface area contributed by atoms with Crippen LogP contribution in [-0.4, -0.2) is 75.2 Å². The number of hydrogen-bond acceptors (Lipinski definition) is 4. The Bertz CT molecular complexity index is 684. The summed E-state index contributed by atoms with van der Waals surface area (Å²) in [5, 5.41) is 7.23. The van der Waals surface area contributed by atoms with Crippen LogP contribution in [0.3, 0.4) is 0 Å². The van der Waals surface area contributed by atoms with E-state index < -0.39 is 0 Å². The van der Waals surface area contributed by atoms with Crippen LogP contribution in [0.15, 0.2) is 29.3 Å². The van der Waals surface area contributed by atoms with Crippen LogP contribution in [0.25, 0.3) is 0 Å². The van der Waals surface area contributed by atoms with Crippen molar-refractivity contribution in [3.8, 4) is 5.75 Å². The summed E-state index contributed by atoms with van der Waals surface area (Å²) < 4.78 is 5.36. The minimum atomic E-state index is 0.406. The largest absolute Gasteiger partial charge is 0.497 e. The Labute approximate surface area is 195 Å². The highest BCUT2D eigenvalue weighted by atomic mass is 16.5. The minimum absolute atomic E-state index is 0.406. The lowest BCUT2D eigenvalue weighted by Gasteiger charge is -2.39. The van der Waals surface area contributed by atoms with Gasteiger partial charge in [0, 0.05) is 38.3 Å². The molecule has 2 fully saturated rings. The second kappa shape index (κ2) is 13.0. The van der Waals surface area contributed by atoms with Gasteiger partial charge in [0.25, 0.3) is 0 Å². The van der Waals surface area contributed by atoms with E-state index >= 15 is 0 Å². The summed E-state index contributed by atoms with van der Waals surface area (Å²) in [6, 6.07) is 9.53. The number of unbranched alkanes of at least 4 members (excludes halogenated alkanes) is 1. The second-order valence-electron chi connectivity index (χ2n) is 9.43. The fourth-order valence-corrected chi connectivity index (χ4v) is 5.18. The van der Waals surface area contributed by atoms with Gasteiger partial charge in [0.15, 0.2) is 5.96 Å². The van der Waals surface area contributed by atoms with Crippen LogP contribution in [0.4, 0.5) is 0 Å². The number of likely N-dealkylation sites (tertiary alicyclic amines) is 2. The first-order valence-electron chi connectivity index (χ1n) is 12.8. The van der Waals surface area contributed by atoms with E-state index in [0.717, 1.165) is 31.3 Å². The van der Waals surface area contributed by atoms with Crippen molar-refractivity contribution in [2.45, 2.75) is 64.5 Å². The van der Waals surface area contributed by atoms with Crippen molar-refractivity contribution >= 4 is 5.96 Å². The van der Waals surface area contributed by atoms with Gasteiger partial charge in [-0.2, -0.15) is 0 Å². The number of methoxy groups -OCH3 is 1. The Morgan fingerprint density at radius 3 is 2.50 bits per heavy atom. The van der Waals surface area contributed by atoms with Crippen molar-refractivity contribution < 1.29 is 4.74 Å². The van der Waals surface area contributed by atoms with Crippen molar-refractivity contribution in [3.05, 3.63) is 29.8 Å². The summed E-state index contributed by atoms with van der Waals surface area (Å²) in [5.74, 6) is 2.43. The fourth-order valence-electron chi connectivity index (χ4n) is 5.18. The Balaban J connectivity index is 1.60. The van der Waals surface area contributed by atoms with E-state index in [9.17, 15) is 0 Å². The molecule has 0 spiro atoms. The average Bonchev–Trinajstić information content (AvgIpc) is 2.82. The molecule has 0 aliphatic carbocycles. The van der Waals surface area contributed by atoms with Crippen LogP contribution in [0.2, 0.25) is 0 Å². The minimum Gasteiger partial charge on any atom is -0.497 e. The first-order valence-corrected chi connectivity index (χ1v) is 12.8. The van der Waals surface area contributed by atoms with Gasteiger partial charge < -0.3 is 20.3 Å². The van der Waals surface area contributed by atoms with E-state index in [-0.39, 0.29) is 0 Å². The molecule has 1 aromatic rings. The SMILES string of the molecule is CCCCN1CCC(NC(=NCC2CCCN(C)C2c2ccc(OC)cc2)NCC)CC1. The molecule has 32 heavy (non-hydrogen) atoms. The molecule has 0 aromatic heterocycles. The van der Waals surface area contributed by atoms with Crippen LogP contribution in [-0.2, 0) is 0 Å². The molecule has 2 heterocycles. The van der Waals surface area contributed by atoms with Crippen LogP contribution in [0.1, 0.15) is 64.0 Å². The molecular weight excluding hydrogens is 398 g/mol. The zero-order valence-electron chi connectivity index (χ0n) is 20.8. The number of benzene rings is 1. The predicted molar refractivity (Wildman–Crippen MR) is 135 cm³/mol. The number of piperidine rings is 2. The van der Waals surface area contributed by atoms with Crippen molar-refractivity contribution in [2.75, 3.05) is 53.4 Å². The van der Waals surface area contributed by atoms with Gasteiger partial charge in [-0.25, -0.2) is 0 Å². The van der Waals surface area contributed by atoms with Gasteiger partial charge in [-0.15, -0.1) is 0 Å². The van der Waals surface area contributed by atoms with E-state index in [4.69, 9.17) is 9.73 Å². The molecule has 3 rings (SSSR count). The van der Waals surface area contributed by atoms with Crippen LogP contribution in [0.5, 0.6) is 5.75 Å². The zero-order chi connectivity index (χ0) is 22.8. The van der Waals surface area contributed by atoms with E-state index in [1.165, 1.54) is 63.7 Å². The van der Waals surface area contributed by atoms with Crippen molar-refractivity contribution in [1.29, 1.82) is 0 Å². The van der Waals surface area contributed by atoms with E-state index in [2.05, 4.69) is 65.6 Å². The molecule has 0 radical (unpaired) electrons. The summed E-state index contributed by atoms with van der Waals surface area (Å²) >= 11 is 0. The maximum atomic E-state index is 5.36. The average molecular weight is 444 g/mol. The quantitative estimate of drug-likeness (QED) is 0.448. The van der Waals surface area contributed by atoms with Gasteiger partial charge in [0.1, 0.15) is 5.75 Å². The Morgan fingerprint density at radius 2 is 1.84 bits per heavy atom. The number of rotatable bonds is 9. The lowest BCUT2D eigenvalue weighted by Crippen LogP contribution is -2.49.